The van der Waals surface area contributed by atoms with Crippen LogP contribution in [0.3, 0.4) is 0 Å². The minimum atomic E-state index is 1.02. The SMILES string of the molecule is CCc1ccc(C2=CCCNC2)cc1. The summed E-state index contributed by atoms with van der Waals surface area (Å²) in [6, 6.07) is 8.92. The maximum Gasteiger partial charge on any atom is 0.0208 e. The van der Waals surface area contributed by atoms with Crippen LogP contribution in [0, 0.1) is 0 Å². The van der Waals surface area contributed by atoms with Gasteiger partial charge in [0.1, 0.15) is 0 Å². The van der Waals surface area contributed by atoms with Gasteiger partial charge in [-0.15, -0.1) is 0 Å². The third-order valence-electron chi connectivity index (χ3n) is 2.76. The van der Waals surface area contributed by atoms with E-state index in [9.17, 15) is 0 Å². The molecule has 0 bridgehead atoms. The molecule has 74 valence electrons. The second kappa shape index (κ2) is 4.43. The molecular weight excluding hydrogens is 170 g/mol. The second-order valence-electron chi connectivity index (χ2n) is 3.75. The summed E-state index contributed by atoms with van der Waals surface area (Å²) in [6.45, 7) is 4.33. The topological polar surface area (TPSA) is 12.0 Å². The van der Waals surface area contributed by atoms with Crippen LogP contribution >= 0.6 is 0 Å². The predicted molar refractivity (Wildman–Crippen MR) is 61.3 cm³/mol. The molecule has 1 nitrogen and oxygen atoms in total. The molecule has 2 rings (SSSR count). The highest BCUT2D eigenvalue weighted by Crippen LogP contribution is 2.17. The van der Waals surface area contributed by atoms with Crippen molar-refractivity contribution < 1.29 is 0 Å². The van der Waals surface area contributed by atoms with Crippen molar-refractivity contribution in [3.63, 3.8) is 0 Å². The molecule has 1 N–H and O–H groups in total. The van der Waals surface area contributed by atoms with E-state index in [0.29, 0.717) is 0 Å². The lowest BCUT2D eigenvalue weighted by atomic mass is 10.0. The van der Waals surface area contributed by atoms with E-state index in [1.807, 2.05) is 0 Å². The van der Waals surface area contributed by atoms with Gasteiger partial charge in [0, 0.05) is 6.54 Å². The lowest BCUT2D eigenvalue weighted by Crippen LogP contribution is -2.21. The lowest BCUT2D eigenvalue weighted by Gasteiger charge is -2.14. The molecule has 1 heterocycles. The number of rotatable bonds is 2. The summed E-state index contributed by atoms with van der Waals surface area (Å²) in [6.07, 6.45) is 4.62. The highest BCUT2D eigenvalue weighted by atomic mass is 14.9. The summed E-state index contributed by atoms with van der Waals surface area (Å²) in [7, 11) is 0. The molecule has 1 aliphatic heterocycles. The minimum Gasteiger partial charge on any atom is -0.312 e. The molecule has 1 aromatic carbocycles. The Kier molecular flexibility index (Phi) is 3.00. The molecule has 1 aromatic rings. The molecule has 0 spiro atoms. The van der Waals surface area contributed by atoms with Gasteiger partial charge < -0.3 is 5.32 Å². The number of aryl methyl sites for hydroxylation is 1. The molecule has 1 heteroatoms. The Hall–Kier alpha value is -1.08. The number of nitrogens with one attached hydrogen (secondary N) is 1. The van der Waals surface area contributed by atoms with E-state index in [2.05, 4.69) is 42.6 Å². The van der Waals surface area contributed by atoms with Crippen LogP contribution in [0.1, 0.15) is 24.5 Å². The van der Waals surface area contributed by atoms with E-state index >= 15 is 0 Å². The Morgan fingerprint density at radius 1 is 1.21 bits per heavy atom. The predicted octanol–water partition coefficient (Wildman–Crippen LogP) is 2.63. The van der Waals surface area contributed by atoms with Gasteiger partial charge in [-0.1, -0.05) is 37.3 Å². The van der Waals surface area contributed by atoms with Crippen molar-refractivity contribution in [2.45, 2.75) is 19.8 Å². The normalized spacial score (nSPS) is 16.5. The first-order valence-electron chi connectivity index (χ1n) is 5.39. The molecule has 0 atom stereocenters. The molecular formula is C13H17N. The molecule has 0 fully saturated rings. The van der Waals surface area contributed by atoms with Crippen LogP contribution in [0.5, 0.6) is 0 Å². The van der Waals surface area contributed by atoms with Crippen molar-refractivity contribution in [1.29, 1.82) is 0 Å². The van der Waals surface area contributed by atoms with Crippen LogP contribution in [-0.4, -0.2) is 13.1 Å². The highest BCUT2D eigenvalue weighted by Gasteiger charge is 2.04. The van der Waals surface area contributed by atoms with Crippen molar-refractivity contribution in [2.75, 3.05) is 13.1 Å². The zero-order valence-corrected chi connectivity index (χ0v) is 8.72. The highest BCUT2D eigenvalue weighted by molar-refractivity contribution is 5.67. The van der Waals surface area contributed by atoms with Gasteiger partial charge in [-0.05, 0) is 36.1 Å². The second-order valence-corrected chi connectivity index (χ2v) is 3.75. The summed E-state index contributed by atoms with van der Waals surface area (Å²) in [5.74, 6) is 0. The van der Waals surface area contributed by atoms with Crippen molar-refractivity contribution >= 4 is 5.57 Å². The van der Waals surface area contributed by atoms with E-state index in [4.69, 9.17) is 0 Å². The first-order chi connectivity index (χ1) is 6.90. The number of hydrogen-bond donors (Lipinski definition) is 1. The third-order valence-corrected chi connectivity index (χ3v) is 2.76. The Bertz CT molecular complexity index is 322. The van der Waals surface area contributed by atoms with Crippen LogP contribution < -0.4 is 5.32 Å². The Morgan fingerprint density at radius 3 is 2.57 bits per heavy atom. The fourth-order valence-electron chi connectivity index (χ4n) is 1.82. The van der Waals surface area contributed by atoms with Crippen LogP contribution in [0.2, 0.25) is 0 Å². The zero-order chi connectivity index (χ0) is 9.80. The number of hydrogen-bond acceptors (Lipinski definition) is 1. The summed E-state index contributed by atoms with van der Waals surface area (Å²) >= 11 is 0. The van der Waals surface area contributed by atoms with Crippen molar-refractivity contribution in [3.05, 3.63) is 41.5 Å². The average molecular weight is 187 g/mol. The van der Waals surface area contributed by atoms with E-state index in [1.165, 1.54) is 16.7 Å². The van der Waals surface area contributed by atoms with Gasteiger partial charge in [0.15, 0.2) is 0 Å². The number of benzene rings is 1. The van der Waals surface area contributed by atoms with Crippen molar-refractivity contribution in [2.24, 2.45) is 0 Å². The maximum absolute atomic E-state index is 3.39. The smallest absolute Gasteiger partial charge is 0.0208 e. The molecule has 0 unspecified atom stereocenters. The fourth-order valence-corrected chi connectivity index (χ4v) is 1.82. The van der Waals surface area contributed by atoms with Crippen molar-refractivity contribution in [1.82, 2.24) is 5.32 Å². The van der Waals surface area contributed by atoms with E-state index in [0.717, 1.165) is 25.9 Å². The summed E-state index contributed by atoms with van der Waals surface area (Å²) in [5, 5.41) is 3.39. The molecule has 1 aliphatic rings. The monoisotopic (exact) mass is 187 g/mol. The molecule has 0 saturated heterocycles. The molecule has 0 aliphatic carbocycles. The van der Waals surface area contributed by atoms with Gasteiger partial charge >= 0.3 is 0 Å². The lowest BCUT2D eigenvalue weighted by molar-refractivity contribution is 0.739. The van der Waals surface area contributed by atoms with Crippen LogP contribution in [-0.2, 0) is 6.42 Å². The zero-order valence-electron chi connectivity index (χ0n) is 8.72. The largest absolute Gasteiger partial charge is 0.312 e. The molecule has 0 aromatic heterocycles. The van der Waals surface area contributed by atoms with Gasteiger partial charge in [-0.3, -0.25) is 0 Å². The fraction of sp³-hybridized carbons (Fsp3) is 0.385. The van der Waals surface area contributed by atoms with Gasteiger partial charge in [0.25, 0.3) is 0 Å². The van der Waals surface area contributed by atoms with Crippen LogP contribution in [0.15, 0.2) is 30.3 Å². The first-order valence-corrected chi connectivity index (χ1v) is 5.39. The Morgan fingerprint density at radius 2 is 2.00 bits per heavy atom. The Balaban J connectivity index is 2.19. The van der Waals surface area contributed by atoms with E-state index in [1.54, 1.807) is 0 Å². The average Bonchev–Trinajstić information content (AvgIpc) is 2.30. The van der Waals surface area contributed by atoms with Gasteiger partial charge in [-0.25, -0.2) is 0 Å². The standard InChI is InChI=1S/C13H17N/c1-2-11-5-7-12(8-6-11)13-4-3-9-14-10-13/h4-8,14H,2-3,9-10H2,1H3. The Labute approximate surface area is 85.8 Å². The van der Waals surface area contributed by atoms with Crippen LogP contribution in [0.25, 0.3) is 5.57 Å². The first kappa shape index (κ1) is 9.47. The maximum atomic E-state index is 3.39. The van der Waals surface area contributed by atoms with E-state index in [-0.39, 0.29) is 0 Å². The summed E-state index contributed by atoms with van der Waals surface area (Å²) in [4.78, 5) is 0. The quantitative estimate of drug-likeness (QED) is 0.750. The van der Waals surface area contributed by atoms with E-state index < -0.39 is 0 Å². The van der Waals surface area contributed by atoms with Crippen molar-refractivity contribution in [3.8, 4) is 0 Å². The van der Waals surface area contributed by atoms with Gasteiger partial charge in [-0.2, -0.15) is 0 Å². The molecule has 0 radical (unpaired) electrons. The van der Waals surface area contributed by atoms with Crippen LogP contribution in [0.4, 0.5) is 0 Å². The summed E-state index contributed by atoms with van der Waals surface area (Å²) < 4.78 is 0. The third kappa shape index (κ3) is 2.05. The summed E-state index contributed by atoms with van der Waals surface area (Å²) in [5.41, 5.74) is 4.23. The van der Waals surface area contributed by atoms with Gasteiger partial charge in [0.2, 0.25) is 0 Å². The molecule has 0 amide bonds. The molecule has 0 saturated carbocycles. The van der Waals surface area contributed by atoms with Gasteiger partial charge in [0.05, 0.1) is 0 Å². The molecule has 14 heavy (non-hydrogen) atoms. The minimum absolute atomic E-state index is 1.02.